The highest BCUT2D eigenvalue weighted by Gasteiger charge is 2.51. The van der Waals surface area contributed by atoms with Gasteiger partial charge in [0.1, 0.15) is 10.7 Å². The molecule has 0 radical (unpaired) electrons. The fraction of sp³-hybridized carbons (Fsp3) is 0.483. The lowest BCUT2D eigenvalue weighted by Gasteiger charge is -2.55. The second kappa shape index (κ2) is 9.05. The summed E-state index contributed by atoms with van der Waals surface area (Å²) in [6.07, 6.45) is 7.56. The molecule has 1 aromatic heterocycles. The average molecular weight is 490 g/mol. The van der Waals surface area contributed by atoms with Crippen LogP contribution in [0, 0.1) is 21.4 Å². The zero-order chi connectivity index (χ0) is 24.8. The van der Waals surface area contributed by atoms with Crippen LogP contribution < -0.4 is 5.32 Å². The summed E-state index contributed by atoms with van der Waals surface area (Å²) in [5.74, 6) is 1.09. The van der Waals surface area contributed by atoms with Crippen LogP contribution in [0.3, 0.4) is 0 Å². The summed E-state index contributed by atoms with van der Waals surface area (Å²) in [6.45, 7) is 10.1. The van der Waals surface area contributed by atoms with E-state index in [4.69, 9.17) is 0 Å². The molecule has 0 bridgehead atoms. The normalized spacial score (nSPS) is 25.7. The van der Waals surface area contributed by atoms with Crippen LogP contribution in [-0.4, -0.2) is 16.5 Å². The number of thiazole rings is 1. The molecule has 184 valence electrons. The summed E-state index contributed by atoms with van der Waals surface area (Å²) >= 11 is 1.49. The molecule has 5 nitrogen and oxygen atoms in total. The molecular formula is C29H35N3O2S. The van der Waals surface area contributed by atoms with Crippen molar-refractivity contribution in [1.29, 1.82) is 0 Å². The minimum absolute atomic E-state index is 0.0727. The zero-order valence-corrected chi connectivity index (χ0v) is 22.0. The molecule has 1 heterocycles. The number of aromatic nitrogens is 1. The van der Waals surface area contributed by atoms with Gasteiger partial charge in [-0.15, -0.1) is 11.3 Å². The Morgan fingerprint density at radius 2 is 2.03 bits per heavy atom. The SMILES string of the molecule is CC(C)c1ccc2c(c1)CC[C@H]1[C@@](C)(CNc3ccc(-c4nccs4)cc3[N+](=O)[O-])CCC[C@]21C. The molecule has 1 N–H and O–H groups in total. The van der Waals surface area contributed by atoms with Crippen molar-refractivity contribution >= 4 is 22.7 Å². The minimum atomic E-state index is -0.282. The quantitative estimate of drug-likeness (QED) is 0.282. The minimum Gasteiger partial charge on any atom is -0.379 e. The molecule has 5 rings (SSSR count). The number of fused-ring (bicyclic) bond motifs is 3. The highest BCUT2D eigenvalue weighted by Crippen LogP contribution is 2.57. The van der Waals surface area contributed by atoms with Crippen molar-refractivity contribution in [1.82, 2.24) is 4.98 Å². The van der Waals surface area contributed by atoms with E-state index in [1.807, 2.05) is 17.5 Å². The molecular weight excluding hydrogens is 454 g/mol. The van der Waals surface area contributed by atoms with Gasteiger partial charge in [0, 0.05) is 29.8 Å². The number of nitrogens with zero attached hydrogens (tertiary/aromatic N) is 2. The Morgan fingerprint density at radius 1 is 1.20 bits per heavy atom. The molecule has 3 aromatic rings. The highest BCUT2D eigenvalue weighted by atomic mass is 32.1. The van der Waals surface area contributed by atoms with Gasteiger partial charge in [0.25, 0.3) is 5.69 Å². The largest absolute Gasteiger partial charge is 0.379 e. The Hall–Kier alpha value is -2.73. The van der Waals surface area contributed by atoms with Gasteiger partial charge in [-0.05, 0) is 77.2 Å². The monoisotopic (exact) mass is 489 g/mol. The molecule has 1 fully saturated rings. The highest BCUT2D eigenvalue weighted by molar-refractivity contribution is 7.13. The van der Waals surface area contributed by atoms with Gasteiger partial charge >= 0.3 is 0 Å². The Morgan fingerprint density at radius 3 is 2.74 bits per heavy atom. The third-order valence-electron chi connectivity index (χ3n) is 8.72. The molecule has 0 spiro atoms. The standard InChI is InChI=1S/C29H35N3O2S/c1-19(2)20-6-9-23-21(16-20)8-11-26-28(3,12-5-13-29(23,26)4)18-31-24-10-7-22(17-25(24)32(33)34)27-30-14-15-35-27/h6-7,9-10,14-17,19,26,31H,5,8,11-13,18H2,1-4H3/t26-,28+,29+/m0/s1. The summed E-state index contributed by atoms with van der Waals surface area (Å²) in [7, 11) is 0. The topological polar surface area (TPSA) is 68.1 Å². The molecule has 2 aliphatic rings. The van der Waals surface area contributed by atoms with Gasteiger partial charge in [0.05, 0.1) is 4.92 Å². The number of hydrogen-bond acceptors (Lipinski definition) is 5. The predicted molar refractivity (Wildman–Crippen MR) is 144 cm³/mol. The first-order valence-corrected chi connectivity index (χ1v) is 13.6. The van der Waals surface area contributed by atoms with E-state index in [9.17, 15) is 10.1 Å². The van der Waals surface area contributed by atoms with Crippen LogP contribution in [0.1, 0.15) is 76.0 Å². The molecule has 0 saturated heterocycles. The van der Waals surface area contributed by atoms with Gasteiger partial charge in [0.15, 0.2) is 0 Å². The Bertz CT molecular complexity index is 1240. The van der Waals surface area contributed by atoms with Crippen LogP contribution in [0.4, 0.5) is 11.4 Å². The molecule has 3 atom stereocenters. The van der Waals surface area contributed by atoms with Crippen molar-refractivity contribution in [3.8, 4) is 10.6 Å². The van der Waals surface area contributed by atoms with E-state index >= 15 is 0 Å². The predicted octanol–water partition coefficient (Wildman–Crippen LogP) is 7.96. The summed E-state index contributed by atoms with van der Waals surface area (Å²) in [6, 6.07) is 12.6. The van der Waals surface area contributed by atoms with E-state index in [2.05, 4.69) is 56.2 Å². The van der Waals surface area contributed by atoms with Crippen LogP contribution in [0.2, 0.25) is 0 Å². The number of nitrogens with one attached hydrogen (secondary N) is 1. The van der Waals surface area contributed by atoms with Crippen LogP contribution in [0.5, 0.6) is 0 Å². The summed E-state index contributed by atoms with van der Waals surface area (Å²) in [5.41, 5.74) is 6.22. The Balaban J connectivity index is 1.41. The molecule has 35 heavy (non-hydrogen) atoms. The Labute approximate surface area is 212 Å². The van der Waals surface area contributed by atoms with E-state index in [0.717, 1.165) is 30.0 Å². The molecule has 0 unspecified atom stereocenters. The maximum Gasteiger partial charge on any atom is 0.293 e. The number of benzene rings is 2. The first kappa shape index (κ1) is 24.0. The van der Waals surface area contributed by atoms with E-state index in [0.29, 0.717) is 17.5 Å². The Kier molecular flexibility index (Phi) is 6.20. The number of anilines is 1. The van der Waals surface area contributed by atoms with Gasteiger partial charge in [0.2, 0.25) is 0 Å². The van der Waals surface area contributed by atoms with E-state index < -0.39 is 0 Å². The van der Waals surface area contributed by atoms with Crippen molar-refractivity contribution < 1.29 is 4.92 Å². The molecule has 1 saturated carbocycles. The van der Waals surface area contributed by atoms with Crippen LogP contribution in [-0.2, 0) is 11.8 Å². The molecule has 6 heteroatoms. The van der Waals surface area contributed by atoms with Gasteiger partial charge in [-0.25, -0.2) is 4.98 Å². The second-order valence-corrected chi connectivity index (χ2v) is 12.2. The van der Waals surface area contributed by atoms with Gasteiger partial charge < -0.3 is 5.32 Å². The van der Waals surface area contributed by atoms with Crippen molar-refractivity contribution in [3.05, 3.63) is 74.8 Å². The zero-order valence-electron chi connectivity index (χ0n) is 21.1. The number of rotatable bonds is 6. The summed E-state index contributed by atoms with van der Waals surface area (Å²) in [5, 5.41) is 18.1. The first-order chi connectivity index (χ1) is 16.7. The van der Waals surface area contributed by atoms with Crippen molar-refractivity contribution in [2.75, 3.05) is 11.9 Å². The number of nitro benzene ring substituents is 1. The van der Waals surface area contributed by atoms with Crippen molar-refractivity contribution in [3.63, 3.8) is 0 Å². The van der Waals surface area contributed by atoms with Gasteiger partial charge in [-0.1, -0.05) is 52.3 Å². The lowest BCUT2D eigenvalue weighted by Crippen LogP contribution is -2.51. The van der Waals surface area contributed by atoms with Gasteiger partial charge in [-0.2, -0.15) is 0 Å². The van der Waals surface area contributed by atoms with Crippen LogP contribution in [0.25, 0.3) is 10.6 Å². The van der Waals surface area contributed by atoms with Crippen LogP contribution >= 0.6 is 11.3 Å². The lowest BCUT2D eigenvalue weighted by molar-refractivity contribution is -0.383. The number of nitro groups is 1. The third kappa shape index (κ3) is 4.26. The molecule has 2 aromatic carbocycles. The van der Waals surface area contributed by atoms with Crippen molar-refractivity contribution in [2.45, 2.75) is 71.1 Å². The summed E-state index contributed by atoms with van der Waals surface area (Å²) < 4.78 is 0. The maximum atomic E-state index is 11.9. The van der Waals surface area contributed by atoms with Crippen molar-refractivity contribution in [2.24, 2.45) is 11.3 Å². The maximum absolute atomic E-state index is 11.9. The summed E-state index contributed by atoms with van der Waals surface area (Å²) in [4.78, 5) is 15.9. The fourth-order valence-corrected chi connectivity index (χ4v) is 7.48. The average Bonchev–Trinajstić information content (AvgIpc) is 3.37. The lowest BCUT2D eigenvalue weighted by atomic mass is 9.49. The number of aryl methyl sites for hydroxylation is 1. The van der Waals surface area contributed by atoms with E-state index in [1.54, 1.807) is 12.3 Å². The second-order valence-electron chi connectivity index (χ2n) is 11.3. The number of hydrogen-bond donors (Lipinski definition) is 1. The van der Waals surface area contributed by atoms with E-state index in [1.165, 1.54) is 47.3 Å². The van der Waals surface area contributed by atoms with Crippen LogP contribution in [0.15, 0.2) is 48.0 Å². The first-order valence-electron chi connectivity index (χ1n) is 12.8. The molecule has 2 aliphatic carbocycles. The van der Waals surface area contributed by atoms with E-state index in [-0.39, 0.29) is 21.4 Å². The molecule has 0 amide bonds. The smallest absolute Gasteiger partial charge is 0.293 e. The molecule has 0 aliphatic heterocycles. The van der Waals surface area contributed by atoms with Gasteiger partial charge in [-0.3, -0.25) is 10.1 Å². The fourth-order valence-electron chi connectivity index (χ4n) is 6.84. The third-order valence-corrected chi connectivity index (χ3v) is 9.55.